The molecule has 0 fully saturated rings. The molecule has 0 bridgehead atoms. The van der Waals surface area contributed by atoms with Gasteiger partial charge in [0.25, 0.3) is 0 Å². The number of rotatable bonds is 3. The molecule has 0 heterocycles. The van der Waals surface area contributed by atoms with Gasteiger partial charge in [-0.3, -0.25) is 0 Å². The minimum absolute atomic E-state index is 0.171. The van der Waals surface area contributed by atoms with Gasteiger partial charge >= 0.3 is 0 Å². The molecule has 0 saturated heterocycles. The van der Waals surface area contributed by atoms with Gasteiger partial charge in [0.15, 0.2) is 0 Å². The van der Waals surface area contributed by atoms with Crippen molar-refractivity contribution in [2.45, 2.75) is 13.8 Å². The molecule has 0 amide bonds. The Hall–Kier alpha value is -2.62. The van der Waals surface area contributed by atoms with Crippen molar-refractivity contribution in [2.24, 2.45) is 10.2 Å². The molecular formula is C16H16N2O2. The summed E-state index contributed by atoms with van der Waals surface area (Å²) < 4.78 is 0. The summed E-state index contributed by atoms with van der Waals surface area (Å²) >= 11 is 0. The number of benzene rings is 2. The molecule has 102 valence electrons. The first-order valence-corrected chi connectivity index (χ1v) is 6.25. The van der Waals surface area contributed by atoms with Crippen LogP contribution in [0, 0.1) is 0 Å². The van der Waals surface area contributed by atoms with E-state index >= 15 is 0 Å². The lowest BCUT2D eigenvalue weighted by Gasteiger charge is -2.03. The van der Waals surface area contributed by atoms with E-state index in [0.29, 0.717) is 22.6 Å². The Morgan fingerprint density at radius 3 is 1.40 bits per heavy atom. The highest BCUT2D eigenvalue weighted by Gasteiger charge is 2.05. The van der Waals surface area contributed by atoms with Crippen molar-refractivity contribution < 1.29 is 10.2 Å². The normalized spacial score (nSPS) is 12.5. The van der Waals surface area contributed by atoms with E-state index in [1.807, 2.05) is 12.1 Å². The minimum atomic E-state index is 0.171. The summed E-state index contributed by atoms with van der Waals surface area (Å²) in [5.41, 5.74) is 2.50. The fourth-order valence-corrected chi connectivity index (χ4v) is 1.82. The lowest BCUT2D eigenvalue weighted by atomic mass is 10.1. The zero-order chi connectivity index (χ0) is 14.5. The predicted molar refractivity (Wildman–Crippen MR) is 80.6 cm³/mol. The average molecular weight is 268 g/mol. The maximum atomic E-state index is 9.74. The smallest absolute Gasteiger partial charge is 0.124 e. The molecule has 0 atom stereocenters. The van der Waals surface area contributed by atoms with E-state index in [-0.39, 0.29) is 11.5 Å². The van der Waals surface area contributed by atoms with Crippen molar-refractivity contribution >= 4 is 11.4 Å². The highest BCUT2D eigenvalue weighted by atomic mass is 16.3. The molecule has 0 aliphatic rings. The third-order valence-corrected chi connectivity index (χ3v) is 2.94. The van der Waals surface area contributed by atoms with Crippen molar-refractivity contribution in [2.75, 3.05) is 0 Å². The van der Waals surface area contributed by atoms with Gasteiger partial charge < -0.3 is 10.2 Å². The van der Waals surface area contributed by atoms with Crippen LogP contribution >= 0.6 is 0 Å². The summed E-state index contributed by atoms with van der Waals surface area (Å²) in [6.07, 6.45) is 0. The summed E-state index contributed by atoms with van der Waals surface area (Å²) in [5.74, 6) is 0.341. The molecule has 0 saturated carbocycles. The predicted octanol–water partition coefficient (Wildman–Crippen LogP) is 3.33. The Morgan fingerprint density at radius 1 is 0.700 bits per heavy atom. The maximum Gasteiger partial charge on any atom is 0.124 e. The summed E-state index contributed by atoms with van der Waals surface area (Å²) in [6.45, 7) is 3.55. The monoisotopic (exact) mass is 268 g/mol. The number of hydrogen-bond acceptors (Lipinski definition) is 4. The Bertz CT molecular complexity index is 616. The van der Waals surface area contributed by atoms with E-state index in [4.69, 9.17) is 0 Å². The third kappa shape index (κ3) is 3.03. The fourth-order valence-electron chi connectivity index (χ4n) is 1.82. The lowest BCUT2D eigenvalue weighted by molar-refractivity contribution is 0.473. The first kappa shape index (κ1) is 13.8. The molecular weight excluding hydrogens is 252 g/mol. The summed E-state index contributed by atoms with van der Waals surface area (Å²) in [4.78, 5) is 0. The van der Waals surface area contributed by atoms with Crippen molar-refractivity contribution in [1.82, 2.24) is 0 Å². The number of hydrogen-bond donors (Lipinski definition) is 2. The van der Waals surface area contributed by atoms with Gasteiger partial charge in [-0.1, -0.05) is 24.3 Å². The van der Waals surface area contributed by atoms with E-state index in [0.717, 1.165) is 0 Å². The van der Waals surface area contributed by atoms with Crippen LogP contribution in [0.4, 0.5) is 0 Å². The van der Waals surface area contributed by atoms with Gasteiger partial charge in [0.1, 0.15) is 11.5 Å². The molecule has 2 rings (SSSR count). The molecule has 0 aliphatic carbocycles. The highest BCUT2D eigenvalue weighted by Crippen LogP contribution is 2.18. The first-order valence-electron chi connectivity index (χ1n) is 6.25. The lowest BCUT2D eigenvalue weighted by Crippen LogP contribution is -1.97. The van der Waals surface area contributed by atoms with Gasteiger partial charge in [-0.15, -0.1) is 0 Å². The molecule has 20 heavy (non-hydrogen) atoms. The van der Waals surface area contributed by atoms with Crippen LogP contribution in [0.15, 0.2) is 58.7 Å². The number of nitrogens with zero attached hydrogens (tertiary/aromatic N) is 2. The second kappa shape index (κ2) is 6.02. The summed E-state index contributed by atoms with van der Waals surface area (Å²) in [5, 5.41) is 27.7. The van der Waals surface area contributed by atoms with Gasteiger partial charge in [-0.2, -0.15) is 10.2 Å². The summed E-state index contributed by atoms with van der Waals surface area (Å²) in [6, 6.07) is 13.9. The third-order valence-electron chi connectivity index (χ3n) is 2.94. The summed E-state index contributed by atoms with van der Waals surface area (Å²) in [7, 11) is 0. The fraction of sp³-hybridized carbons (Fsp3) is 0.125. The highest BCUT2D eigenvalue weighted by molar-refractivity contribution is 6.03. The van der Waals surface area contributed by atoms with Crippen LogP contribution in [-0.4, -0.2) is 21.6 Å². The Kier molecular flexibility index (Phi) is 4.15. The molecule has 0 spiro atoms. The zero-order valence-corrected chi connectivity index (χ0v) is 11.4. The molecule has 2 aromatic rings. The topological polar surface area (TPSA) is 65.2 Å². The minimum Gasteiger partial charge on any atom is -0.507 e. The van der Waals surface area contributed by atoms with Crippen LogP contribution in [0.1, 0.15) is 25.0 Å². The average Bonchev–Trinajstić information content (AvgIpc) is 2.45. The maximum absolute atomic E-state index is 9.74. The van der Waals surface area contributed by atoms with Gasteiger partial charge in [0.05, 0.1) is 11.4 Å². The Balaban J connectivity index is 2.30. The van der Waals surface area contributed by atoms with E-state index in [1.54, 1.807) is 50.2 Å². The van der Waals surface area contributed by atoms with Gasteiger partial charge in [-0.05, 0) is 38.1 Å². The number of para-hydroxylation sites is 2. The molecule has 0 aromatic heterocycles. The Labute approximate surface area is 117 Å². The van der Waals surface area contributed by atoms with Gasteiger partial charge in [-0.25, -0.2) is 0 Å². The number of aromatic hydroxyl groups is 2. The standard InChI is InChI=1S/C16H16N2O2/c1-11(13-7-3-5-9-15(13)19)17-18-12(2)14-8-4-6-10-16(14)20/h3-10,19-20H,1-2H3/b17-11+,18-12?. The second-order valence-electron chi connectivity index (χ2n) is 4.41. The van der Waals surface area contributed by atoms with Gasteiger partial charge in [0, 0.05) is 11.1 Å². The zero-order valence-electron chi connectivity index (χ0n) is 11.4. The largest absolute Gasteiger partial charge is 0.507 e. The van der Waals surface area contributed by atoms with Crippen molar-refractivity contribution in [3.8, 4) is 11.5 Å². The quantitative estimate of drug-likeness (QED) is 0.662. The van der Waals surface area contributed by atoms with Crippen LogP contribution in [-0.2, 0) is 0 Å². The van der Waals surface area contributed by atoms with Gasteiger partial charge in [0.2, 0.25) is 0 Å². The van der Waals surface area contributed by atoms with Crippen molar-refractivity contribution in [1.29, 1.82) is 0 Å². The van der Waals surface area contributed by atoms with E-state index < -0.39 is 0 Å². The SMILES string of the molecule is CC(=N/N=C(\C)c1ccccc1O)c1ccccc1O. The molecule has 0 radical (unpaired) electrons. The van der Waals surface area contributed by atoms with E-state index in [9.17, 15) is 10.2 Å². The van der Waals surface area contributed by atoms with Crippen LogP contribution in [0.2, 0.25) is 0 Å². The number of phenolic OH excluding ortho intramolecular Hbond substituents is 2. The molecule has 4 nitrogen and oxygen atoms in total. The van der Waals surface area contributed by atoms with E-state index in [1.165, 1.54) is 0 Å². The molecule has 0 unspecified atom stereocenters. The van der Waals surface area contributed by atoms with Crippen molar-refractivity contribution in [3.63, 3.8) is 0 Å². The number of phenols is 2. The molecule has 2 aromatic carbocycles. The van der Waals surface area contributed by atoms with Crippen LogP contribution in [0.5, 0.6) is 11.5 Å². The van der Waals surface area contributed by atoms with E-state index in [2.05, 4.69) is 10.2 Å². The molecule has 4 heteroatoms. The first-order chi connectivity index (χ1) is 9.59. The van der Waals surface area contributed by atoms with Crippen LogP contribution in [0.3, 0.4) is 0 Å². The van der Waals surface area contributed by atoms with Crippen LogP contribution < -0.4 is 0 Å². The molecule has 0 aliphatic heterocycles. The molecule has 2 N–H and O–H groups in total. The Morgan fingerprint density at radius 2 is 1.05 bits per heavy atom. The van der Waals surface area contributed by atoms with Crippen molar-refractivity contribution in [3.05, 3.63) is 59.7 Å². The second-order valence-corrected chi connectivity index (χ2v) is 4.41. The van der Waals surface area contributed by atoms with Crippen LogP contribution in [0.25, 0.3) is 0 Å².